The smallest absolute Gasteiger partial charge is 0.300 e. The number of ketones is 1. The molecule has 1 aliphatic heterocycles. The highest BCUT2D eigenvalue weighted by Crippen LogP contribution is 2.44. The molecule has 1 aliphatic rings. The van der Waals surface area contributed by atoms with Gasteiger partial charge in [-0.25, -0.2) is 0 Å². The van der Waals surface area contributed by atoms with Crippen molar-refractivity contribution in [2.24, 2.45) is 0 Å². The van der Waals surface area contributed by atoms with Crippen LogP contribution in [-0.2, 0) is 9.59 Å². The van der Waals surface area contributed by atoms with Crippen molar-refractivity contribution >= 4 is 28.8 Å². The highest BCUT2D eigenvalue weighted by atomic mass is 16.5. The first-order valence-corrected chi connectivity index (χ1v) is 11.4. The predicted molar refractivity (Wildman–Crippen MR) is 139 cm³/mol. The van der Waals surface area contributed by atoms with Crippen molar-refractivity contribution in [2.45, 2.75) is 26.8 Å². The Morgan fingerprint density at radius 3 is 2.20 bits per heavy atom. The van der Waals surface area contributed by atoms with Gasteiger partial charge >= 0.3 is 0 Å². The number of carbonyl (C=O) groups excluding carboxylic acids is 2. The molecular weight excluding hydrogens is 440 g/mol. The van der Waals surface area contributed by atoms with Gasteiger partial charge in [0.2, 0.25) is 0 Å². The summed E-state index contributed by atoms with van der Waals surface area (Å²) in [5.74, 6) is -1.18. The number of hydrogen-bond donors (Lipinski definition) is 1. The van der Waals surface area contributed by atoms with Gasteiger partial charge in [-0.15, -0.1) is 0 Å². The number of aryl methyl sites for hydroxylation is 3. The van der Waals surface area contributed by atoms with Gasteiger partial charge in [0.1, 0.15) is 11.5 Å². The summed E-state index contributed by atoms with van der Waals surface area (Å²) in [6.07, 6.45) is 0. The number of nitrogens with zero attached hydrogens (tertiary/aromatic N) is 2. The lowest BCUT2D eigenvalue weighted by atomic mass is 9.91. The van der Waals surface area contributed by atoms with Gasteiger partial charge in [0.25, 0.3) is 11.7 Å². The molecule has 0 spiro atoms. The van der Waals surface area contributed by atoms with Crippen LogP contribution in [0.25, 0.3) is 5.76 Å². The van der Waals surface area contributed by atoms with E-state index in [-0.39, 0.29) is 11.3 Å². The van der Waals surface area contributed by atoms with E-state index in [9.17, 15) is 14.7 Å². The topological polar surface area (TPSA) is 70.1 Å². The Morgan fingerprint density at radius 2 is 1.60 bits per heavy atom. The van der Waals surface area contributed by atoms with E-state index >= 15 is 0 Å². The Hall–Kier alpha value is -4.06. The summed E-state index contributed by atoms with van der Waals surface area (Å²) in [4.78, 5) is 30.4. The van der Waals surface area contributed by atoms with Crippen LogP contribution in [0.15, 0.2) is 66.2 Å². The van der Waals surface area contributed by atoms with E-state index in [0.717, 1.165) is 27.9 Å². The van der Waals surface area contributed by atoms with E-state index in [1.54, 1.807) is 6.07 Å². The maximum Gasteiger partial charge on any atom is 0.300 e. The first-order chi connectivity index (χ1) is 16.6. The second-order valence-electron chi connectivity index (χ2n) is 9.10. The molecule has 1 unspecified atom stereocenters. The van der Waals surface area contributed by atoms with E-state index < -0.39 is 17.7 Å². The van der Waals surface area contributed by atoms with Crippen LogP contribution in [0.4, 0.5) is 11.4 Å². The van der Waals surface area contributed by atoms with Crippen LogP contribution >= 0.6 is 0 Å². The van der Waals surface area contributed by atoms with Gasteiger partial charge in [-0.1, -0.05) is 30.3 Å². The molecule has 1 N–H and O–H groups in total. The number of methoxy groups -OCH3 is 1. The lowest BCUT2D eigenvalue weighted by Gasteiger charge is -2.27. The summed E-state index contributed by atoms with van der Waals surface area (Å²) in [7, 11) is 5.40. The fraction of sp³-hybridized carbons (Fsp3) is 0.241. The summed E-state index contributed by atoms with van der Waals surface area (Å²) in [6.45, 7) is 5.72. The number of hydrogen-bond acceptors (Lipinski definition) is 5. The lowest BCUT2D eigenvalue weighted by Crippen LogP contribution is -2.29. The molecule has 0 bridgehead atoms. The highest BCUT2D eigenvalue weighted by molar-refractivity contribution is 6.51. The standard InChI is InChI=1S/C29H30N2O4/c1-17-15-19(3)28(35-6)23(16-17)26(32)24-25(22-10-8-7-9-18(22)2)31(29(34)27(24)33)21-13-11-20(12-14-21)30(4)5/h7-16,25,32H,1-6H3/b26-24+. The molecule has 6 heteroatoms. The van der Waals surface area contributed by atoms with Gasteiger partial charge in [-0.2, -0.15) is 0 Å². The number of amides is 1. The zero-order chi connectivity index (χ0) is 25.4. The third-order valence-electron chi connectivity index (χ3n) is 6.45. The van der Waals surface area contributed by atoms with Crippen molar-refractivity contribution < 1.29 is 19.4 Å². The normalized spacial score (nSPS) is 17.1. The molecule has 180 valence electrons. The van der Waals surface area contributed by atoms with Crippen molar-refractivity contribution in [2.75, 3.05) is 31.0 Å². The monoisotopic (exact) mass is 470 g/mol. The molecular formula is C29H30N2O4. The second kappa shape index (κ2) is 9.29. The molecule has 1 fully saturated rings. The number of aliphatic hydroxyl groups is 1. The Labute approximate surface area is 206 Å². The van der Waals surface area contributed by atoms with Crippen LogP contribution < -0.4 is 14.5 Å². The van der Waals surface area contributed by atoms with Crippen LogP contribution in [0.1, 0.15) is 33.9 Å². The van der Waals surface area contributed by atoms with Gasteiger partial charge in [0.05, 0.1) is 24.3 Å². The van der Waals surface area contributed by atoms with Gasteiger partial charge in [-0.05, 0) is 73.4 Å². The summed E-state index contributed by atoms with van der Waals surface area (Å²) in [5.41, 5.74) is 5.41. The number of carbonyl (C=O) groups is 2. The first-order valence-electron chi connectivity index (χ1n) is 11.4. The molecule has 0 saturated carbocycles. The van der Waals surface area contributed by atoms with E-state index in [0.29, 0.717) is 17.0 Å². The Morgan fingerprint density at radius 1 is 0.943 bits per heavy atom. The lowest BCUT2D eigenvalue weighted by molar-refractivity contribution is -0.132. The molecule has 1 saturated heterocycles. The fourth-order valence-electron chi connectivity index (χ4n) is 4.74. The molecule has 6 nitrogen and oxygen atoms in total. The Bertz CT molecular complexity index is 1340. The third-order valence-corrected chi connectivity index (χ3v) is 6.45. The minimum atomic E-state index is -0.785. The van der Waals surface area contributed by atoms with Gasteiger partial charge in [0.15, 0.2) is 0 Å². The van der Waals surface area contributed by atoms with Crippen molar-refractivity contribution in [1.82, 2.24) is 0 Å². The van der Waals surface area contributed by atoms with Crippen LogP contribution in [0, 0.1) is 20.8 Å². The highest BCUT2D eigenvalue weighted by Gasteiger charge is 2.47. The van der Waals surface area contributed by atoms with Crippen molar-refractivity contribution in [3.8, 4) is 5.75 Å². The minimum Gasteiger partial charge on any atom is -0.507 e. The fourth-order valence-corrected chi connectivity index (χ4v) is 4.74. The Kier molecular flexibility index (Phi) is 6.39. The number of rotatable bonds is 5. The average Bonchev–Trinajstić information content (AvgIpc) is 3.08. The zero-order valence-corrected chi connectivity index (χ0v) is 20.9. The van der Waals surface area contributed by atoms with Crippen molar-refractivity contribution in [3.05, 3.63) is 94.1 Å². The Balaban J connectivity index is 1.99. The first kappa shape index (κ1) is 24.1. The molecule has 1 amide bonds. The number of benzene rings is 3. The second-order valence-corrected chi connectivity index (χ2v) is 9.10. The van der Waals surface area contributed by atoms with E-state index in [4.69, 9.17) is 4.74 Å². The molecule has 35 heavy (non-hydrogen) atoms. The van der Waals surface area contributed by atoms with Gasteiger partial charge in [0, 0.05) is 25.5 Å². The number of aliphatic hydroxyl groups excluding tert-OH is 1. The molecule has 0 radical (unpaired) electrons. The predicted octanol–water partition coefficient (Wildman–Crippen LogP) is 5.31. The summed E-state index contributed by atoms with van der Waals surface area (Å²) in [6, 6.07) is 18.0. The molecule has 4 rings (SSSR count). The summed E-state index contributed by atoms with van der Waals surface area (Å²) < 4.78 is 5.58. The average molecular weight is 471 g/mol. The molecule has 3 aromatic carbocycles. The molecule has 3 aromatic rings. The van der Waals surface area contributed by atoms with Crippen molar-refractivity contribution in [1.29, 1.82) is 0 Å². The number of Topliss-reactive ketones (excluding diaryl/α,β-unsaturated/α-hetero) is 1. The van der Waals surface area contributed by atoms with Crippen LogP contribution in [0.5, 0.6) is 5.75 Å². The summed E-state index contributed by atoms with van der Waals surface area (Å²) in [5, 5.41) is 11.6. The largest absolute Gasteiger partial charge is 0.507 e. The van der Waals surface area contributed by atoms with Crippen LogP contribution in [0.2, 0.25) is 0 Å². The quantitative estimate of drug-likeness (QED) is 0.311. The molecule has 1 atom stereocenters. The van der Waals surface area contributed by atoms with Crippen LogP contribution in [0.3, 0.4) is 0 Å². The number of anilines is 2. The maximum absolute atomic E-state index is 13.5. The molecule has 0 aliphatic carbocycles. The summed E-state index contributed by atoms with van der Waals surface area (Å²) >= 11 is 0. The van der Waals surface area contributed by atoms with Gasteiger partial charge < -0.3 is 14.7 Å². The van der Waals surface area contributed by atoms with Crippen LogP contribution in [-0.4, -0.2) is 38.0 Å². The van der Waals surface area contributed by atoms with E-state index in [2.05, 4.69) is 0 Å². The molecule has 1 heterocycles. The van der Waals surface area contributed by atoms with Crippen molar-refractivity contribution in [3.63, 3.8) is 0 Å². The third kappa shape index (κ3) is 4.16. The van der Waals surface area contributed by atoms with E-state index in [1.807, 2.05) is 94.4 Å². The zero-order valence-electron chi connectivity index (χ0n) is 20.9. The SMILES string of the molecule is COc1c(C)cc(C)cc1/C(O)=C1\C(=O)C(=O)N(c2ccc(N(C)C)cc2)C1c1ccccc1C. The van der Waals surface area contributed by atoms with E-state index in [1.165, 1.54) is 12.0 Å². The molecule has 0 aromatic heterocycles. The number of ether oxygens (including phenoxy) is 1. The van der Waals surface area contributed by atoms with Gasteiger partial charge in [-0.3, -0.25) is 14.5 Å². The minimum absolute atomic E-state index is 0.0456. The maximum atomic E-state index is 13.5.